The molecule has 0 fully saturated rings. The highest BCUT2D eigenvalue weighted by Gasteiger charge is 2.25. The fraction of sp³-hybridized carbons (Fsp3) is 0.353. The van der Waals surface area contributed by atoms with Crippen LogP contribution in [0.3, 0.4) is 0 Å². The van der Waals surface area contributed by atoms with Crippen LogP contribution in [0.1, 0.15) is 29.9 Å². The number of carbonyl (C=O) groups is 3. The van der Waals surface area contributed by atoms with Gasteiger partial charge in [0.25, 0.3) is 5.91 Å². The maximum Gasteiger partial charge on any atom is 0.326 e. The van der Waals surface area contributed by atoms with Gasteiger partial charge in [-0.25, -0.2) is 4.79 Å². The molecule has 2 rings (SSSR count). The Hall–Kier alpha value is -2.12. The number of fused-ring (bicyclic) bond motifs is 1. The molecule has 0 aliphatic rings. The molecule has 25 heavy (non-hydrogen) atoms. The molecular weight excluding hydrogens is 364 g/mol. The van der Waals surface area contributed by atoms with Gasteiger partial charge in [-0.3, -0.25) is 9.59 Å². The van der Waals surface area contributed by atoms with Gasteiger partial charge in [0.1, 0.15) is 10.9 Å². The topological polar surface area (TPSA) is 95.5 Å². The van der Waals surface area contributed by atoms with Crippen LogP contribution >= 0.6 is 22.9 Å². The number of aliphatic carboxylic acids is 1. The van der Waals surface area contributed by atoms with Gasteiger partial charge >= 0.3 is 5.97 Å². The van der Waals surface area contributed by atoms with Gasteiger partial charge in [0, 0.05) is 10.1 Å². The maximum atomic E-state index is 12.3. The Morgan fingerprint density at radius 2 is 1.96 bits per heavy atom. The summed E-state index contributed by atoms with van der Waals surface area (Å²) in [6, 6.07) is 6.38. The Morgan fingerprint density at radius 3 is 2.56 bits per heavy atom. The van der Waals surface area contributed by atoms with E-state index in [1.807, 2.05) is 31.2 Å². The van der Waals surface area contributed by atoms with Crippen LogP contribution in [0.25, 0.3) is 10.1 Å². The average molecular weight is 383 g/mol. The third-order valence-electron chi connectivity index (χ3n) is 3.95. The van der Waals surface area contributed by atoms with E-state index < -0.39 is 23.8 Å². The Labute approximate surface area is 154 Å². The van der Waals surface area contributed by atoms with Crippen molar-refractivity contribution in [2.45, 2.75) is 26.3 Å². The van der Waals surface area contributed by atoms with Crippen molar-refractivity contribution < 1.29 is 19.5 Å². The summed E-state index contributed by atoms with van der Waals surface area (Å²) in [6.07, 6.45) is 0.612. The third-order valence-corrected chi connectivity index (χ3v) is 5.62. The number of benzene rings is 1. The van der Waals surface area contributed by atoms with Crippen LogP contribution in [-0.4, -0.2) is 35.5 Å². The van der Waals surface area contributed by atoms with Gasteiger partial charge in [-0.15, -0.1) is 11.3 Å². The van der Waals surface area contributed by atoms with E-state index in [2.05, 4.69) is 10.6 Å². The molecule has 0 saturated heterocycles. The van der Waals surface area contributed by atoms with Crippen molar-refractivity contribution in [1.29, 1.82) is 0 Å². The van der Waals surface area contributed by atoms with Crippen LogP contribution in [0, 0.1) is 5.92 Å². The van der Waals surface area contributed by atoms with Gasteiger partial charge in [0.15, 0.2) is 0 Å². The van der Waals surface area contributed by atoms with E-state index in [4.69, 9.17) is 11.6 Å². The summed E-state index contributed by atoms with van der Waals surface area (Å²) in [4.78, 5) is 35.8. The first-order valence-electron chi connectivity index (χ1n) is 7.82. The van der Waals surface area contributed by atoms with Crippen molar-refractivity contribution >= 4 is 50.8 Å². The van der Waals surface area contributed by atoms with Crippen LogP contribution in [0.4, 0.5) is 0 Å². The van der Waals surface area contributed by atoms with Crippen LogP contribution in [0.15, 0.2) is 24.3 Å². The fourth-order valence-corrected chi connectivity index (χ4v) is 3.74. The summed E-state index contributed by atoms with van der Waals surface area (Å²) >= 11 is 7.47. The van der Waals surface area contributed by atoms with Crippen molar-refractivity contribution in [2.75, 3.05) is 6.54 Å². The number of hydrogen-bond donors (Lipinski definition) is 3. The Morgan fingerprint density at radius 1 is 1.28 bits per heavy atom. The quantitative estimate of drug-likeness (QED) is 0.686. The Balaban J connectivity index is 2.00. The van der Waals surface area contributed by atoms with Crippen molar-refractivity contribution in [3.05, 3.63) is 34.2 Å². The molecule has 1 aromatic heterocycles. The average Bonchev–Trinajstić information content (AvgIpc) is 2.94. The number of carbonyl (C=O) groups excluding carboxylic acids is 2. The first-order chi connectivity index (χ1) is 11.8. The van der Waals surface area contributed by atoms with E-state index in [1.165, 1.54) is 11.3 Å². The minimum Gasteiger partial charge on any atom is -0.480 e. The summed E-state index contributed by atoms with van der Waals surface area (Å²) in [7, 11) is 0. The van der Waals surface area contributed by atoms with Crippen molar-refractivity contribution in [3.63, 3.8) is 0 Å². The molecule has 2 atom stereocenters. The van der Waals surface area contributed by atoms with Gasteiger partial charge in [-0.2, -0.15) is 0 Å². The Kier molecular flexibility index (Phi) is 6.39. The molecule has 0 saturated carbocycles. The summed E-state index contributed by atoms with van der Waals surface area (Å²) in [5, 5.41) is 15.2. The predicted molar refractivity (Wildman–Crippen MR) is 98.2 cm³/mol. The molecule has 2 amide bonds. The zero-order valence-electron chi connectivity index (χ0n) is 13.8. The number of thiophene rings is 1. The summed E-state index contributed by atoms with van der Waals surface area (Å²) in [5.41, 5.74) is 0. The monoisotopic (exact) mass is 382 g/mol. The standard InChI is InChI=1S/C17H19ClN2O4S/c1-3-9(2)14(17(23)24)20-12(21)8-19-16(22)15-13(18)10-6-4-5-7-11(10)25-15/h4-7,9,14H,3,8H2,1-2H3,(H,19,22)(H,20,21)(H,23,24). The molecule has 1 aromatic carbocycles. The van der Waals surface area contributed by atoms with E-state index in [1.54, 1.807) is 6.92 Å². The van der Waals surface area contributed by atoms with E-state index in [9.17, 15) is 19.5 Å². The second-order valence-corrected chi connectivity index (χ2v) is 7.12. The SMILES string of the molecule is CCC(C)C(NC(=O)CNC(=O)c1sc2ccccc2c1Cl)C(=O)O. The molecule has 6 nitrogen and oxygen atoms in total. The number of halogens is 1. The lowest BCUT2D eigenvalue weighted by atomic mass is 9.99. The van der Waals surface area contributed by atoms with Gasteiger partial charge < -0.3 is 15.7 Å². The van der Waals surface area contributed by atoms with Crippen LogP contribution in [0.5, 0.6) is 0 Å². The van der Waals surface area contributed by atoms with Gasteiger partial charge in [-0.05, 0) is 12.0 Å². The lowest BCUT2D eigenvalue weighted by Gasteiger charge is -2.20. The van der Waals surface area contributed by atoms with Crippen LogP contribution < -0.4 is 10.6 Å². The summed E-state index contributed by atoms with van der Waals surface area (Å²) in [6.45, 7) is 3.27. The van der Waals surface area contributed by atoms with Crippen LogP contribution in [-0.2, 0) is 9.59 Å². The highest BCUT2D eigenvalue weighted by molar-refractivity contribution is 7.21. The number of nitrogens with one attached hydrogen (secondary N) is 2. The number of amides is 2. The normalized spacial score (nSPS) is 13.2. The lowest BCUT2D eigenvalue weighted by molar-refractivity contribution is -0.143. The molecule has 0 aliphatic carbocycles. The number of hydrogen-bond acceptors (Lipinski definition) is 4. The molecule has 2 aromatic rings. The zero-order chi connectivity index (χ0) is 18.6. The van der Waals surface area contributed by atoms with Gasteiger partial charge in [-0.1, -0.05) is 50.1 Å². The summed E-state index contributed by atoms with van der Waals surface area (Å²) in [5.74, 6) is -2.33. The number of carboxylic acids is 1. The smallest absolute Gasteiger partial charge is 0.326 e. The second kappa shape index (κ2) is 8.31. The fourth-order valence-electron chi connectivity index (χ4n) is 2.31. The lowest BCUT2D eigenvalue weighted by Crippen LogP contribution is -2.48. The third kappa shape index (κ3) is 4.49. The molecule has 0 spiro atoms. The van der Waals surface area contributed by atoms with Gasteiger partial charge in [0.05, 0.1) is 11.6 Å². The molecule has 134 valence electrons. The zero-order valence-corrected chi connectivity index (χ0v) is 15.4. The molecule has 8 heteroatoms. The minimum absolute atomic E-state index is 0.214. The summed E-state index contributed by atoms with van der Waals surface area (Å²) < 4.78 is 0.879. The first kappa shape index (κ1) is 19.2. The van der Waals surface area contributed by atoms with E-state index in [0.29, 0.717) is 16.3 Å². The number of rotatable bonds is 7. The van der Waals surface area contributed by atoms with Crippen LogP contribution in [0.2, 0.25) is 5.02 Å². The second-order valence-electron chi connectivity index (χ2n) is 5.69. The van der Waals surface area contributed by atoms with Crippen molar-refractivity contribution in [3.8, 4) is 0 Å². The molecule has 1 heterocycles. The molecule has 0 bridgehead atoms. The molecule has 3 N–H and O–H groups in total. The molecular formula is C17H19ClN2O4S. The molecule has 2 unspecified atom stereocenters. The van der Waals surface area contributed by atoms with Crippen molar-refractivity contribution in [2.24, 2.45) is 5.92 Å². The maximum absolute atomic E-state index is 12.3. The highest BCUT2D eigenvalue weighted by Crippen LogP contribution is 2.34. The minimum atomic E-state index is -1.10. The van der Waals surface area contributed by atoms with E-state index >= 15 is 0 Å². The molecule has 0 aliphatic heterocycles. The number of carboxylic acid groups (broad SMARTS) is 1. The predicted octanol–water partition coefficient (Wildman–Crippen LogP) is 2.90. The van der Waals surface area contributed by atoms with Gasteiger partial charge in [0.2, 0.25) is 5.91 Å². The largest absolute Gasteiger partial charge is 0.480 e. The van der Waals surface area contributed by atoms with E-state index in [-0.39, 0.29) is 12.5 Å². The first-order valence-corrected chi connectivity index (χ1v) is 9.02. The molecule has 0 radical (unpaired) electrons. The Bertz CT molecular complexity index is 805. The highest BCUT2D eigenvalue weighted by atomic mass is 35.5. The van der Waals surface area contributed by atoms with Crippen molar-refractivity contribution in [1.82, 2.24) is 10.6 Å². The van der Waals surface area contributed by atoms with E-state index in [0.717, 1.165) is 10.1 Å².